The molecule has 1 aliphatic rings. The highest BCUT2D eigenvalue weighted by Crippen LogP contribution is 2.25. The minimum Gasteiger partial charge on any atom is -0.366 e. The van der Waals surface area contributed by atoms with E-state index in [1.165, 1.54) is 0 Å². The molecule has 3 N–H and O–H groups in total. The number of aromatic amines is 1. The Bertz CT molecular complexity index is 696. The third-order valence-corrected chi connectivity index (χ3v) is 4.30. The van der Waals surface area contributed by atoms with Crippen molar-refractivity contribution in [3.8, 4) is 0 Å². The van der Waals surface area contributed by atoms with Crippen LogP contribution in [-0.2, 0) is 11.2 Å². The summed E-state index contributed by atoms with van der Waals surface area (Å²) in [6.45, 7) is 1.40. The summed E-state index contributed by atoms with van der Waals surface area (Å²) in [5.74, 6) is 0.699. The highest BCUT2D eigenvalue weighted by atomic mass is 16.2. The number of nitrogens with two attached hydrogens (primary N) is 1. The molecule has 0 saturated carbocycles. The number of carbonyl (C=O) groups excluding carboxylic acids is 2. The number of hydrogen-bond donors (Lipinski definition) is 2. The third-order valence-electron chi connectivity index (χ3n) is 4.30. The second-order valence-electron chi connectivity index (χ2n) is 5.85. The van der Waals surface area contributed by atoms with Gasteiger partial charge < -0.3 is 15.6 Å². The average molecular weight is 312 g/mol. The number of H-pyrrole nitrogens is 1. The average Bonchev–Trinajstić information content (AvgIpc) is 3.10. The molecule has 0 aliphatic carbocycles. The second kappa shape index (κ2) is 6.64. The van der Waals surface area contributed by atoms with Crippen LogP contribution < -0.4 is 5.73 Å². The molecule has 1 aromatic carbocycles. The minimum absolute atomic E-state index is 0.0231. The van der Waals surface area contributed by atoms with Crippen molar-refractivity contribution in [2.24, 2.45) is 5.73 Å². The van der Waals surface area contributed by atoms with Gasteiger partial charge in [-0.15, -0.1) is 0 Å². The normalized spacial score (nSPS) is 17.9. The molecule has 6 heteroatoms. The summed E-state index contributed by atoms with van der Waals surface area (Å²) in [5, 5.41) is 0. The van der Waals surface area contributed by atoms with E-state index >= 15 is 0 Å². The molecule has 0 spiro atoms. The number of hydrogen-bond acceptors (Lipinski definition) is 3. The van der Waals surface area contributed by atoms with E-state index in [1.54, 1.807) is 30.6 Å². The fraction of sp³-hybridized carbons (Fsp3) is 0.353. The predicted octanol–water partition coefficient (Wildman–Crippen LogP) is 1.46. The summed E-state index contributed by atoms with van der Waals surface area (Å²) < 4.78 is 0. The van der Waals surface area contributed by atoms with Gasteiger partial charge in [-0.1, -0.05) is 18.2 Å². The Kier molecular flexibility index (Phi) is 4.41. The maximum absolute atomic E-state index is 12.6. The molecule has 2 aromatic rings. The Morgan fingerprint density at radius 2 is 2.17 bits per heavy atom. The molecular formula is C17H20N4O2. The first-order valence-corrected chi connectivity index (χ1v) is 7.80. The van der Waals surface area contributed by atoms with Crippen LogP contribution in [0.4, 0.5) is 0 Å². The molecule has 1 atom stereocenters. The van der Waals surface area contributed by atoms with Crippen molar-refractivity contribution in [3.63, 3.8) is 0 Å². The van der Waals surface area contributed by atoms with Gasteiger partial charge in [0.15, 0.2) is 0 Å². The molecule has 1 unspecified atom stereocenters. The van der Waals surface area contributed by atoms with Gasteiger partial charge in [0.05, 0.1) is 6.42 Å². The molecule has 6 nitrogen and oxygen atoms in total. The van der Waals surface area contributed by atoms with Crippen molar-refractivity contribution < 1.29 is 9.59 Å². The lowest BCUT2D eigenvalue weighted by molar-refractivity contribution is -0.131. The molecule has 1 fully saturated rings. The zero-order valence-corrected chi connectivity index (χ0v) is 12.9. The maximum Gasteiger partial charge on any atom is 0.248 e. The molecule has 0 radical (unpaired) electrons. The number of imidazole rings is 1. The van der Waals surface area contributed by atoms with Crippen LogP contribution in [0.25, 0.3) is 0 Å². The van der Waals surface area contributed by atoms with Gasteiger partial charge in [-0.25, -0.2) is 4.98 Å². The molecule has 120 valence electrons. The van der Waals surface area contributed by atoms with Crippen molar-refractivity contribution in [2.45, 2.75) is 25.2 Å². The van der Waals surface area contributed by atoms with Gasteiger partial charge in [0.1, 0.15) is 5.82 Å². The lowest BCUT2D eigenvalue weighted by Gasteiger charge is -2.32. The van der Waals surface area contributed by atoms with Gasteiger partial charge in [0.25, 0.3) is 0 Å². The van der Waals surface area contributed by atoms with Crippen LogP contribution in [0.3, 0.4) is 0 Å². The van der Waals surface area contributed by atoms with Gasteiger partial charge in [-0.3, -0.25) is 9.59 Å². The van der Waals surface area contributed by atoms with Crippen LogP contribution in [0.1, 0.15) is 40.5 Å². The largest absolute Gasteiger partial charge is 0.366 e. The number of aromatic nitrogens is 2. The number of likely N-dealkylation sites (tertiary alicyclic amines) is 1. The van der Waals surface area contributed by atoms with Crippen LogP contribution in [0, 0.1) is 0 Å². The van der Waals surface area contributed by atoms with E-state index in [1.807, 2.05) is 11.0 Å². The Morgan fingerprint density at radius 1 is 1.35 bits per heavy atom. The molecule has 23 heavy (non-hydrogen) atoms. The van der Waals surface area contributed by atoms with Crippen LogP contribution >= 0.6 is 0 Å². The van der Waals surface area contributed by atoms with Gasteiger partial charge in [0, 0.05) is 37.0 Å². The van der Waals surface area contributed by atoms with E-state index < -0.39 is 5.91 Å². The van der Waals surface area contributed by atoms with Crippen LogP contribution in [0.15, 0.2) is 36.7 Å². The number of nitrogens with one attached hydrogen (secondary N) is 1. The summed E-state index contributed by atoms with van der Waals surface area (Å²) in [4.78, 5) is 33.4. The molecule has 1 aromatic heterocycles. The van der Waals surface area contributed by atoms with Crippen molar-refractivity contribution in [1.29, 1.82) is 0 Å². The lowest BCUT2D eigenvalue weighted by atomic mass is 9.96. The zero-order chi connectivity index (χ0) is 16.2. The van der Waals surface area contributed by atoms with Gasteiger partial charge in [0.2, 0.25) is 11.8 Å². The molecule has 1 aliphatic heterocycles. The Labute approximate surface area is 134 Å². The van der Waals surface area contributed by atoms with Gasteiger partial charge >= 0.3 is 0 Å². The van der Waals surface area contributed by atoms with E-state index in [2.05, 4.69) is 9.97 Å². The quantitative estimate of drug-likeness (QED) is 0.895. The Hall–Kier alpha value is -2.63. The summed E-state index contributed by atoms with van der Waals surface area (Å²) in [5.41, 5.74) is 6.48. The summed E-state index contributed by atoms with van der Waals surface area (Å²) >= 11 is 0. The Balaban J connectivity index is 1.70. The molecule has 1 saturated heterocycles. The van der Waals surface area contributed by atoms with E-state index in [-0.39, 0.29) is 18.2 Å². The molecule has 2 amide bonds. The number of piperidine rings is 1. The monoisotopic (exact) mass is 312 g/mol. The highest BCUT2D eigenvalue weighted by molar-refractivity contribution is 5.95. The number of benzene rings is 1. The van der Waals surface area contributed by atoms with Crippen molar-refractivity contribution in [2.75, 3.05) is 13.1 Å². The van der Waals surface area contributed by atoms with Crippen LogP contribution in [-0.4, -0.2) is 39.8 Å². The fourth-order valence-corrected chi connectivity index (χ4v) is 3.12. The molecule has 0 bridgehead atoms. The summed E-state index contributed by atoms with van der Waals surface area (Å²) in [6, 6.07) is 7.01. The first kappa shape index (κ1) is 15.3. The second-order valence-corrected chi connectivity index (χ2v) is 5.85. The number of amides is 2. The fourth-order valence-electron chi connectivity index (χ4n) is 3.12. The predicted molar refractivity (Wildman–Crippen MR) is 85.8 cm³/mol. The topological polar surface area (TPSA) is 92.1 Å². The Morgan fingerprint density at radius 3 is 2.91 bits per heavy atom. The van der Waals surface area contributed by atoms with Gasteiger partial charge in [-0.2, -0.15) is 0 Å². The minimum atomic E-state index is -0.500. The summed E-state index contributed by atoms with van der Waals surface area (Å²) in [6.07, 6.45) is 5.71. The van der Waals surface area contributed by atoms with Crippen molar-refractivity contribution >= 4 is 11.8 Å². The van der Waals surface area contributed by atoms with Crippen LogP contribution in [0.5, 0.6) is 0 Å². The molecule has 3 rings (SSSR count). The number of carbonyl (C=O) groups is 2. The molecule has 2 heterocycles. The van der Waals surface area contributed by atoms with E-state index in [0.717, 1.165) is 25.2 Å². The highest BCUT2D eigenvalue weighted by Gasteiger charge is 2.26. The SMILES string of the molecule is NC(=O)c1ccccc1CC(=O)N1CCCC(c2ncc[nH]2)C1. The number of primary amides is 1. The first-order chi connectivity index (χ1) is 11.1. The first-order valence-electron chi connectivity index (χ1n) is 7.80. The van der Waals surface area contributed by atoms with Crippen molar-refractivity contribution in [3.05, 3.63) is 53.6 Å². The molecular weight excluding hydrogens is 292 g/mol. The van der Waals surface area contributed by atoms with Crippen LogP contribution in [0.2, 0.25) is 0 Å². The number of rotatable bonds is 4. The lowest BCUT2D eigenvalue weighted by Crippen LogP contribution is -2.40. The van der Waals surface area contributed by atoms with E-state index in [0.29, 0.717) is 17.7 Å². The number of nitrogens with zero attached hydrogens (tertiary/aromatic N) is 2. The van der Waals surface area contributed by atoms with Gasteiger partial charge in [-0.05, 0) is 24.5 Å². The third kappa shape index (κ3) is 3.41. The van der Waals surface area contributed by atoms with Crippen molar-refractivity contribution in [1.82, 2.24) is 14.9 Å². The maximum atomic E-state index is 12.6. The van der Waals surface area contributed by atoms with E-state index in [4.69, 9.17) is 5.73 Å². The summed E-state index contributed by atoms with van der Waals surface area (Å²) in [7, 11) is 0. The van der Waals surface area contributed by atoms with E-state index in [9.17, 15) is 9.59 Å². The smallest absolute Gasteiger partial charge is 0.248 e. The standard InChI is InChI=1S/C17H20N4O2/c18-16(23)14-6-2-1-4-12(14)10-15(22)21-9-3-5-13(11-21)17-19-7-8-20-17/h1-2,4,6-8,13H,3,5,9-11H2,(H2,18,23)(H,19,20). The zero-order valence-electron chi connectivity index (χ0n) is 12.9.